The van der Waals surface area contributed by atoms with E-state index in [4.69, 9.17) is 4.74 Å². The number of nitrogens with one attached hydrogen (secondary N) is 2. The summed E-state index contributed by atoms with van der Waals surface area (Å²) < 4.78 is 5.26. The Labute approximate surface area is 119 Å². The van der Waals surface area contributed by atoms with Crippen LogP contribution >= 0.6 is 0 Å². The van der Waals surface area contributed by atoms with Crippen LogP contribution in [0.3, 0.4) is 0 Å². The number of ether oxygens (including phenoxy) is 1. The Balaban J connectivity index is 2.24. The molecular formula is C16H22N2O2. The SMILES string of the molecule is COc1ccc2[nH]c(C)c(CC(=O)NCC(C)C)c2c1. The molecule has 2 aromatic rings. The third-order valence-corrected chi connectivity index (χ3v) is 3.37. The van der Waals surface area contributed by atoms with Gasteiger partial charge < -0.3 is 15.0 Å². The molecule has 1 heterocycles. The third-order valence-electron chi connectivity index (χ3n) is 3.37. The van der Waals surface area contributed by atoms with Crippen molar-refractivity contribution in [2.45, 2.75) is 27.2 Å². The van der Waals surface area contributed by atoms with Gasteiger partial charge >= 0.3 is 0 Å². The Hall–Kier alpha value is -1.97. The predicted molar refractivity (Wildman–Crippen MR) is 81.1 cm³/mol. The van der Waals surface area contributed by atoms with E-state index in [1.54, 1.807) is 7.11 Å². The second-order valence-electron chi connectivity index (χ2n) is 5.51. The summed E-state index contributed by atoms with van der Waals surface area (Å²) in [5, 5.41) is 4.01. The molecule has 0 fully saturated rings. The molecule has 0 atom stereocenters. The van der Waals surface area contributed by atoms with Crippen molar-refractivity contribution in [1.29, 1.82) is 0 Å². The smallest absolute Gasteiger partial charge is 0.224 e. The number of aromatic nitrogens is 1. The van der Waals surface area contributed by atoms with E-state index < -0.39 is 0 Å². The number of carbonyl (C=O) groups excluding carboxylic acids is 1. The summed E-state index contributed by atoms with van der Waals surface area (Å²) in [7, 11) is 1.65. The van der Waals surface area contributed by atoms with Crippen molar-refractivity contribution < 1.29 is 9.53 Å². The lowest BCUT2D eigenvalue weighted by atomic mass is 10.1. The molecular weight excluding hydrogens is 252 g/mol. The average molecular weight is 274 g/mol. The molecule has 1 amide bonds. The molecule has 0 saturated heterocycles. The highest BCUT2D eigenvalue weighted by Crippen LogP contribution is 2.26. The van der Waals surface area contributed by atoms with Crippen LogP contribution in [-0.2, 0) is 11.2 Å². The zero-order valence-corrected chi connectivity index (χ0v) is 12.5. The van der Waals surface area contributed by atoms with Gasteiger partial charge in [0.1, 0.15) is 5.75 Å². The van der Waals surface area contributed by atoms with Gasteiger partial charge in [0.15, 0.2) is 0 Å². The van der Waals surface area contributed by atoms with Crippen LogP contribution in [0.4, 0.5) is 0 Å². The summed E-state index contributed by atoms with van der Waals surface area (Å²) in [5.41, 5.74) is 3.11. The Morgan fingerprint density at radius 3 is 2.80 bits per heavy atom. The number of rotatable bonds is 5. The minimum Gasteiger partial charge on any atom is -0.497 e. The maximum absolute atomic E-state index is 12.0. The quantitative estimate of drug-likeness (QED) is 0.881. The van der Waals surface area contributed by atoms with Gasteiger partial charge in [0, 0.05) is 23.1 Å². The first-order valence-corrected chi connectivity index (χ1v) is 6.93. The number of fused-ring (bicyclic) bond motifs is 1. The topological polar surface area (TPSA) is 54.1 Å². The van der Waals surface area contributed by atoms with Crippen molar-refractivity contribution >= 4 is 16.8 Å². The number of methoxy groups -OCH3 is 1. The molecule has 2 N–H and O–H groups in total. The van der Waals surface area contributed by atoms with Gasteiger partial charge in [0.2, 0.25) is 5.91 Å². The van der Waals surface area contributed by atoms with Gasteiger partial charge in [-0.1, -0.05) is 13.8 Å². The van der Waals surface area contributed by atoms with Crippen molar-refractivity contribution in [3.8, 4) is 5.75 Å². The molecule has 108 valence electrons. The molecule has 20 heavy (non-hydrogen) atoms. The van der Waals surface area contributed by atoms with E-state index >= 15 is 0 Å². The van der Waals surface area contributed by atoms with Crippen LogP contribution in [0.1, 0.15) is 25.1 Å². The van der Waals surface area contributed by atoms with Crippen molar-refractivity contribution in [3.05, 3.63) is 29.5 Å². The second-order valence-corrected chi connectivity index (χ2v) is 5.51. The molecule has 0 radical (unpaired) electrons. The van der Waals surface area contributed by atoms with Crippen molar-refractivity contribution in [2.75, 3.05) is 13.7 Å². The van der Waals surface area contributed by atoms with Gasteiger partial charge in [-0.05, 0) is 36.6 Å². The fourth-order valence-corrected chi connectivity index (χ4v) is 2.26. The molecule has 0 bridgehead atoms. The largest absolute Gasteiger partial charge is 0.497 e. The average Bonchev–Trinajstić information content (AvgIpc) is 2.72. The number of benzene rings is 1. The third kappa shape index (κ3) is 3.13. The first-order valence-electron chi connectivity index (χ1n) is 6.93. The van der Waals surface area contributed by atoms with Crippen LogP contribution in [0.15, 0.2) is 18.2 Å². The lowest BCUT2D eigenvalue weighted by Crippen LogP contribution is -2.28. The van der Waals surface area contributed by atoms with Crippen LogP contribution in [-0.4, -0.2) is 24.5 Å². The number of hydrogen-bond donors (Lipinski definition) is 2. The highest BCUT2D eigenvalue weighted by atomic mass is 16.5. The Morgan fingerprint density at radius 1 is 1.40 bits per heavy atom. The number of carbonyl (C=O) groups is 1. The highest BCUT2D eigenvalue weighted by molar-refractivity contribution is 5.90. The Bertz CT molecular complexity index is 614. The number of aryl methyl sites for hydroxylation is 1. The molecule has 0 aliphatic heterocycles. The molecule has 0 unspecified atom stereocenters. The molecule has 4 heteroatoms. The second kappa shape index (κ2) is 5.99. The lowest BCUT2D eigenvalue weighted by molar-refractivity contribution is -0.120. The van der Waals surface area contributed by atoms with Crippen LogP contribution in [0, 0.1) is 12.8 Å². The van der Waals surface area contributed by atoms with Gasteiger partial charge in [0.25, 0.3) is 0 Å². The van der Waals surface area contributed by atoms with Crippen LogP contribution < -0.4 is 10.1 Å². The molecule has 4 nitrogen and oxygen atoms in total. The number of hydrogen-bond acceptors (Lipinski definition) is 2. The molecule has 1 aromatic heterocycles. The van der Waals surface area contributed by atoms with E-state index in [1.807, 2.05) is 25.1 Å². The van der Waals surface area contributed by atoms with Crippen molar-refractivity contribution in [2.24, 2.45) is 5.92 Å². The minimum absolute atomic E-state index is 0.0607. The molecule has 0 spiro atoms. The van der Waals surface area contributed by atoms with Crippen molar-refractivity contribution in [1.82, 2.24) is 10.3 Å². The lowest BCUT2D eigenvalue weighted by Gasteiger charge is -2.08. The van der Waals surface area contributed by atoms with Crippen LogP contribution in [0.5, 0.6) is 5.75 Å². The molecule has 1 aromatic carbocycles. The predicted octanol–water partition coefficient (Wildman–Crippen LogP) is 2.80. The molecule has 0 aliphatic rings. The number of amides is 1. The Morgan fingerprint density at radius 2 is 2.15 bits per heavy atom. The molecule has 0 saturated carbocycles. The zero-order chi connectivity index (χ0) is 14.7. The fourth-order valence-electron chi connectivity index (χ4n) is 2.26. The summed E-state index contributed by atoms with van der Waals surface area (Å²) in [6.45, 7) is 6.88. The molecule has 0 aliphatic carbocycles. The van der Waals surface area contributed by atoms with Gasteiger partial charge in [-0.2, -0.15) is 0 Å². The summed E-state index contributed by atoms with van der Waals surface area (Å²) >= 11 is 0. The van der Waals surface area contributed by atoms with Crippen LogP contribution in [0.25, 0.3) is 10.9 Å². The van der Waals surface area contributed by atoms with Crippen molar-refractivity contribution in [3.63, 3.8) is 0 Å². The van der Waals surface area contributed by atoms with Gasteiger partial charge in [-0.25, -0.2) is 0 Å². The normalized spacial score (nSPS) is 11.1. The van der Waals surface area contributed by atoms with Gasteiger partial charge in [0.05, 0.1) is 13.5 Å². The van der Waals surface area contributed by atoms with Gasteiger partial charge in [-0.15, -0.1) is 0 Å². The summed E-state index contributed by atoms with van der Waals surface area (Å²) in [4.78, 5) is 15.3. The summed E-state index contributed by atoms with van der Waals surface area (Å²) in [6, 6.07) is 5.88. The van der Waals surface area contributed by atoms with E-state index in [0.717, 1.165) is 27.9 Å². The minimum atomic E-state index is 0.0607. The maximum atomic E-state index is 12.0. The number of aromatic amines is 1. The monoisotopic (exact) mass is 274 g/mol. The first kappa shape index (κ1) is 14.4. The molecule has 2 rings (SSSR count). The first-order chi connectivity index (χ1) is 9.51. The fraction of sp³-hybridized carbons (Fsp3) is 0.438. The maximum Gasteiger partial charge on any atom is 0.224 e. The zero-order valence-electron chi connectivity index (χ0n) is 12.5. The number of H-pyrrole nitrogens is 1. The van der Waals surface area contributed by atoms with E-state index in [-0.39, 0.29) is 5.91 Å². The highest BCUT2D eigenvalue weighted by Gasteiger charge is 2.13. The van der Waals surface area contributed by atoms with Crippen LogP contribution in [0.2, 0.25) is 0 Å². The van der Waals surface area contributed by atoms with E-state index in [1.165, 1.54) is 0 Å². The summed E-state index contributed by atoms with van der Waals surface area (Å²) in [5.74, 6) is 1.33. The van der Waals surface area contributed by atoms with E-state index in [9.17, 15) is 4.79 Å². The van der Waals surface area contributed by atoms with E-state index in [2.05, 4.69) is 24.1 Å². The Kier molecular flexibility index (Phi) is 4.32. The van der Waals surface area contributed by atoms with Gasteiger partial charge in [-0.3, -0.25) is 4.79 Å². The standard InChI is InChI=1S/C16H22N2O2/c1-10(2)9-17-16(19)8-13-11(3)18-15-6-5-12(20-4)7-14(13)15/h5-7,10,18H,8-9H2,1-4H3,(H,17,19). The summed E-state index contributed by atoms with van der Waals surface area (Å²) in [6.07, 6.45) is 0.395. The van der Waals surface area contributed by atoms with E-state index in [0.29, 0.717) is 18.9 Å².